The molecule has 1 aliphatic rings. The summed E-state index contributed by atoms with van der Waals surface area (Å²) in [5.74, 6) is -4.79. The number of carbonyl (C=O) groups is 1. The van der Waals surface area contributed by atoms with Crippen molar-refractivity contribution < 1.29 is 41.8 Å². The van der Waals surface area contributed by atoms with Crippen LogP contribution in [0.25, 0.3) is 0 Å². The summed E-state index contributed by atoms with van der Waals surface area (Å²) in [6, 6.07) is 9.08. The summed E-state index contributed by atoms with van der Waals surface area (Å²) in [5.41, 5.74) is -3.70. The van der Waals surface area contributed by atoms with Crippen LogP contribution in [0.3, 0.4) is 0 Å². The van der Waals surface area contributed by atoms with Gasteiger partial charge in [-0.15, -0.1) is 0 Å². The van der Waals surface area contributed by atoms with Gasteiger partial charge < -0.3 is 19.1 Å². The van der Waals surface area contributed by atoms with Crippen LogP contribution in [0.2, 0.25) is 0 Å². The fraction of sp³-hybridized carbons (Fsp3) is 0.522. The van der Waals surface area contributed by atoms with Gasteiger partial charge in [0.1, 0.15) is 17.0 Å². The first kappa shape index (κ1) is 29.1. The third kappa shape index (κ3) is 6.71. The van der Waals surface area contributed by atoms with Crippen LogP contribution in [-0.4, -0.2) is 57.1 Å². The summed E-state index contributed by atoms with van der Waals surface area (Å²) in [6.45, 7) is 4.33. The lowest BCUT2D eigenvalue weighted by Crippen LogP contribution is -2.47. The van der Waals surface area contributed by atoms with Gasteiger partial charge in [-0.3, -0.25) is 18.9 Å². The first-order chi connectivity index (χ1) is 17.2. The topological polar surface area (TPSA) is 129 Å². The highest BCUT2D eigenvalue weighted by atomic mass is 32.1. The molecular weight excluding hydrogens is 533 g/mol. The number of hydrogen-bond acceptors (Lipinski definition) is 9. The molecule has 37 heavy (non-hydrogen) atoms. The van der Waals surface area contributed by atoms with Crippen LogP contribution < -0.4 is 10.2 Å². The molecule has 6 atom stereocenters. The molecule has 1 aliphatic heterocycles. The Hall–Kier alpha value is -2.44. The molecule has 0 radical (unpaired) electrons. The van der Waals surface area contributed by atoms with Gasteiger partial charge in [-0.05, 0) is 39.0 Å². The Bertz CT molecular complexity index is 1270. The molecule has 1 aromatic heterocycles. The monoisotopic (exact) mass is 562 g/mol. The minimum Gasteiger partial charge on any atom is -0.463 e. The quantitative estimate of drug-likeness (QED) is 0.250. The molecule has 1 saturated heterocycles. The van der Waals surface area contributed by atoms with Crippen molar-refractivity contribution in [3.8, 4) is 5.75 Å². The van der Waals surface area contributed by atoms with E-state index in [4.69, 9.17) is 30.7 Å². The second-order valence-corrected chi connectivity index (χ2v) is 11.7. The van der Waals surface area contributed by atoms with E-state index in [-0.39, 0.29) is 10.4 Å². The normalized spacial score (nSPS) is 28.0. The van der Waals surface area contributed by atoms with Gasteiger partial charge in [0.15, 0.2) is 18.0 Å². The number of hydrogen-bond donors (Lipinski definition) is 2. The minimum atomic E-state index is -4.31. The Morgan fingerprint density at radius 2 is 1.92 bits per heavy atom. The van der Waals surface area contributed by atoms with Gasteiger partial charge in [0.05, 0.1) is 18.2 Å². The zero-order valence-corrected chi connectivity index (χ0v) is 22.3. The number of halogens is 2. The molecule has 0 saturated carbocycles. The molecule has 1 fully saturated rings. The van der Waals surface area contributed by atoms with Crippen molar-refractivity contribution in [2.75, 3.05) is 12.8 Å². The number of aromatic amines is 1. The van der Waals surface area contributed by atoms with E-state index in [0.29, 0.717) is 4.57 Å². The number of nitrogens with zero attached hydrogens (tertiary/aromatic N) is 1. The minimum absolute atomic E-state index is 0.0549. The standard InChI is InChI=1S/C23H29F2N2O8PS/c1-14(2)33-18(28)15(3)12-36(31,35-16-8-6-5-7-9-16)32-13-23(25)19(29)22(4,24)20(34-23)27-11-10-17(37)26-21(27)30/h5-11,14-15,19-20,29H,12-13H2,1-4H3,(H,26,30,37)/t15-,19-,20-,22?,23-,36?/m1/s1. The van der Waals surface area contributed by atoms with Crippen LogP contribution in [0.5, 0.6) is 5.75 Å². The number of aliphatic hydroxyl groups excluding tert-OH is 1. The average Bonchev–Trinajstić information content (AvgIpc) is 2.98. The number of aromatic nitrogens is 2. The van der Waals surface area contributed by atoms with E-state index < -0.39 is 67.9 Å². The lowest BCUT2D eigenvalue weighted by atomic mass is 9.97. The second kappa shape index (κ2) is 11.1. The molecule has 1 aromatic carbocycles. The number of esters is 1. The maximum atomic E-state index is 15.8. The maximum Gasteiger partial charge on any atom is 0.380 e. The Balaban J connectivity index is 1.86. The largest absolute Gasteiger partial charge is 0.463 e. The molecule has 204 valence electrons. The number of carbonyl (C=O) groups excluding carboxylic acids is 1. The van der Waals surface area contributed by atoms with E-state index in [1.807, 2.05) is 0 Å². The summed E-state index contributed by atoms with van der Waals surface area (Å²) < 4.78 is 66.9. The first-order valence-corrected chi connectivity index (χ1v) is 13.5. The van der Waals surface area contributed by atoms with Crippen molar-refractivity contribution in [1.29, 1.82) is 0 Å². The summed E-state index contributed by atoms with van der Waals surface area (Å²) in [7, 11) is -4.31. The van der Waals surface area contributed by atoms with Gasteiger partial charge in [-0.2, -0.15) is 0 Å². The zero-order valence-electron chi connectivity index (χ0n) is 20.6. The number of alkyl halides is 2. The molecule has 2 heterocycles. The number of H-pyrrole nitrogens is 1. The molecule has 0 bridgehead atoms. The number of rotatable bonds is 10. The lowest BCUT2D eigenvalue weighted by molar-refractivity contribution is -0.203. The van der Waals surface area contributed by atoms with Crippen molar-refractivity contribution in [2.45, 2.75) is 57.7 Å². The average molecular weight is 563 g/mol. The lowest BCUT2D eigenvalue weighted by Gasteiger charge is -2.28. The molecule has 0 amide bonds. The third-order valence-electron chi connectivity index (χ3n) is 5.53. The van der Waals surface area contributed by atoms with E-state index >= 15 is 8.78 Å². The molecule has 0 aliphatic carbocycles. The van der Waals surface area contributed by atoms with Gasteiger partial charge in [0, 0.05) is 6.20 Å². The molecule has 2 unspecified atom stereocenters. The highest BCUT2D eigenvalue weighted by molar-refractivity contribution is 7.71. The summed E-state index contributed by atoms with van der Waals surface area (Å²) in [5, 5.41) is 10.5. The molecule has 2 aromatic rings. The number of benzene rings is 1. The van der Waals surface area contributed by atoms with Crippen molar-refractivity contribution in [3.63, 3.8) is 0 Å². The third-order valence-corrected chi connectivity index (χ3v) is 7.78. The SMILES string of the molecule is CC(C)OC(=O)[C@H](C)CP(=O)(OC[C@@]1(F)O[C@@H](n2ccc(=S)[nH]c2=O)C(C)(F)[C@H]1O)Oc1ccccc1. The Morgan fingerprint density at radius 3 is 2.51 bits per heavy atom. The van der Waals surface area contributed by atoms with Gasteiger partial charge in [0.2, 0.25) is 0 Å². The van der Waals surface area contributed by atoms with Crippen LogP contribution in [0.4, 0.5) is 8.78 Å². The fourth-order valence-electron chi connectivity index (χ4n) is 3.68. The summed E-state index contributed by atoms with van der Waals surface area (Å²) in [6.07, 6.45) is -4.21. The summed E-state index contributed by atoms with van der Waals surface area (Å²) in [4.78, 5) is 26.8. The van der Waals surface area contributed by atoms with Crippen molar-refractivity contribution in [3.05, 3.63) is 57.7 Å². The van der Waals surface area contributed by atoms with Crippen molar-refractivity contribution >= 4 is 25.8 Å². The van der Waals surface area contributed by atoms with Crippen molar-refractivity contribution in [2.24, 2.45) is 5.92 Å². The summed E-state index contributed by atoms with van der Waals surface area (Å²) >= 11 is 4.85. The highest BCUT2D eigenvalue weighted by Crippen LogP contribution is 2.53. The van der Waals surface area contributed by atoms with Gasteiger partial charge >= 0.3 is 19.3 Å². The number of nitrogens with one attached hydrogen (secondary N) is 1. The van der Waals surface area contributed by atoms with Crippen LogP contribution in [0.1, 0.15) is 33.9 Å². The first-order valence-electron chi connectivity index (χ1n) is 11.4. The molecule has 0 spiro atoms. The van der Waals surface area contributed by atoms with E-state index in [9.17, 15) is 19.3 Å². The van der Waals surface area contributed by atoms with E-state index in [0.717, 1.165) is 13.1 Å². The smallest absolute Gasteiger partial charge is 0.380 e. The van der Waals surface area contributed by atoms with E-state index in [1.165, 1.54) is 25.1 Å². The molecule has 2 N–H and O–H groups in total. The number of ether oxygens (including phenoxy) is 2. The van der Waals surface area contributed by atoms with Gasteiger partial charge in [-0.25, -0.2) is 18.1 Å². The second-order valence-electron chi connectivity index (χ2n) is 9.19. The van der Waals surface area contributed by atoms with E-state index in [2.05, 4.69) is 4.98 Å². The van der Waals surface area contributed by atoms with Crippen LogP contribution >= 0.6 is 19.8 Å². The number of para-hydroxylation sites is 1. The molecule has 3 rings (SSSR count). The number of aliphatic hydroxyl groups is 1. The van der Waals surface area contributed by atoms with Crippen LogP contribution in [0.15, 0.2) is 47.4 Å². The Morgan fingerprint density at radius 1 is 1.27 bits per heavy atom. The maximum absolute atomic E-state index is 15.8. The van der Waals surface area contributed by atoms with Gasteiger partial charge in [-0.1, -0.05) is 37.3 Å². The highest BCUT2D eigenvalue weighted by Gasteiger charge is 2.65. The van der Waals surface area contributed by atoms with Gasteiger partial charge in [0.25, 0.3) is 5.85 Å². The van der Waals surface area contributed by atoms with E-state index in [1.54, 1.807) is 32.0 Å². The Kier molecular flexibility index (Phi) is 8.75. The molecule has 10 nitrogen and oxygen atoms in total. The zero-order chi connectivity index (χ0) is 27.6. The van der Waals surface area contributed by atoms with Crippen LogP contribution in [-0.2, 0) is 23.4 Å². The molecular formula is C23H29F2N2O8PS. The molecule has 14 heteroatoms. The predicted octanol–water partition coefficient (Wildman–Crippen LogP) is 4.07. The van der Waals surface area contributed by atoms with Crippen molar-refractivity contribution in [1.82, 2.24) is 9.55 Å². The Labute approximate surface area is 217 Å². The predicted molar refractivity (Wildman–Crippen MR) is 131 cm³/mol. The van der Waals surface area contributed by atoms with Crippen LogP contribution in [0, 0.1) is 10.6 Å². The fourth-order valence-corrected chi connectivity index (χ4v) is 5.69.